The second-order valence-electron chi connectivity index (χ2n) is 4.35. The summed E-state index contributed by atoms with van der Waals surface area (Å²) < 4.78 is 5.60. The number of amides is 1. The lowest BCUT2D eigenvalue weighted by atomic mass is 10.2. The van der Waals surface area contributed by atoms with Gasteiger partial charge in [0.05, 0.1) is 12.1 Å². The Morgan fingerprint density at radius 2 is 2.20 bits per heavy atom. The molecule has 0 bridgehead atoms. The van der Waals surface area contributed by atoms with E-state index in [2.05, 4.69) is 23.3 Å². The van der Waals surface area contributed by atoms with Crippen molar-refractivity contribution in [2.45, 2.75) is 13.3 Å². The third-order valence-electron chi connectivity index (χ3n) is 2.89. The first kappa shape index (κ1) is 14.1. The van der Waals surface area contributed by atoms with Gasteiger partial charge in [-0.3, -0.25) is 9.78 Å². The van der Waals surface area contributed by atoms with Crippen LogP contribution in [0.5, 0.6) is 5.75 Å². The number of nitrogens with one attached hydrogen (secondary N) is 1. The molecule has 0 saturated heterocycles. The van der Waals surface area contributed by atoms with Gasteiger partial charge in [0.25, 0.3) is 5.91 Å². The Balaban J connectivity index is 1.75. The lowest BCUT2D eigenvalue weighted by Crippen LogP contribution is -2.28. The van der Waals surface area contributed by atoms with Crippen molar-refractivity contribution in [3.63, 3.8) is 0 Å². The van der Waals surface area contributed by atoms with E-state index in [1.807, 2.05) is 18.2 Å². The van der Waals surface area contributed by atoms with Crippen molar-refractivity contribution >= 4 is 5.91 Å². The summed E-state index contributed by atoms with van der Waals surface area (Å²) >= 11 is 0. The average Bonchev–Trinajstić information content (AvgIpc) is 2.52. The van der Waals surface area contributed by atoms with Gasteiger partial charge in [0, 0.05) is 12.4 Å². The van der Waals surface area contributed by atoms with Crippen LogP contribution in [0.4, 0.5) is 0 Å². The lowest BCUT2D eigenvalue weighted by molar-refractivity contribution is 0.0946. The van der Waals surface area contributed by atoms with Crippen LogP contribution in [-0.4, -0.2) is 24.0 Å². The van der Waals surface area contributed by atoms with E-state index >= 15 is 0 Å². The molecule has 2 aromatic rings. The fourth-order valence-corrected chi connectivity index (χ4v) is 1.79. The topological polar surface area (TPSA) is 51.2 Å². The van der Waals surface area contributed by atoms with Gasteiger partial charge in [-0.1, -0.05) is 19.1 Å². The minimum absolute atomic E-state index is 0.135. The number of carbonyl (C=O) groups excluding carboxylic acids is 1. The van der Waals surface area contributed by atoms with E-state index in [0.29, 0.717) is 18.7 Å². The molecular formula is C16H18N2O2. The van der Waals surface area contributed by atoms with Gasteiger partial charge in [-0.15, -0.1) is 0 Å². The maximum atomic E-state index is 11.7. The number of carbonyl (C=O) groups is 1. The fourth-order valence-electron chi connectivity index (χ4n) is 1.79. The molecule has 0 unspecified atom stereocenters. The van der Waals surface area contributed by atoms with Crippen molar-refractivity contribution in [1.82, 2.24) is 10.3 Å². The van der Waals surface area contributed by atoms with Crippen LogP contribution in [0.15, 0.2) is 48.8 Å². The monoisotopic (exact) mass is 270 g/mol. The van der Waals surface area contributed by atoms with E-state index in [1.165, 1.54) is 5.56 Å². The third kappa shape index (κ3) is 4.09. The molecule has 0 aliphatic carbocycles. The number of rotatable bonds is 6. The Labute approximate surface area is 118 Å². The molecule has 0 saturated carbocycles. The molecule has 0 aliphatic rings. The van der Waals surface area contributed by atoms with E-state index < -0.39 is 0 Å². The van der Waals surface area contributed by atoms with Gasteiger partial charge in [0.2, 0.25) is 0 Å². The van der Waals surface area contributed by atoms with Gasteiger partial charge in [-0.05, 0) is 36.2 Å². The SMILES string of the molecule is CCc1cccc(OCCNC(=O)c2cccnc2)c1. The van der Waals surface area contributed by atoms with Crippen molar-refractivity contribution in [2.75, 3.05) is 13.2 Å². The van der Waals surface area contributed by atoms with Crippen LogP contribution in [0.2, 0.25) is 0 Å². The van der Waals surface area contributed by atoms with Crippen molar-refractivity contribution in [3.8, 4) is 5.75 Å². The summed E-state index contributed by atoms with van der Waals surface area (Å²) in [7, 11) is 0. The molecule has 0 aliphatic heterocycles. The highest BCUT2D eigenvalue weighted by Crippen LogP contribution is 2.13. The van der Waals surface area contributed by atoms with Gasteiger partial charge in [-0.25, -0.2) is 0 Å². The number of hydrogen-bond acceptors (Lipinski definition) is 3. The number of pyridine rings is 1. The van der Waals surface area contributed by atoms with Gasteiger partial charge in [0.15, 0.2) is 0 Å². The summed E-state index contributed by atoms with van der Waals surface area (Å²) in [6.07, 6.45) is 4.16. The maximum Gasteiger partial charge on any atom is 0.252 e. The zero-order valence-electron chi connectivity index (χ0n) is 11.5. The molecule has 1 amide bonds. The minimum Gasteiger partial charge on any atom is -0.492 e. The van der Waals surface area contributed by atoms with Crippen LogP contribution in [0.1, 0.15) is 22.8 Å². The van der Waals surface area contributed by atoms with E-state index in [4.69, 9.17) is 4.74 Å². The second kappa shape index (κ2) is 7.28. The zero-order valence-corrected chi connectivity index (χ0v) is 11.5. The molecule has 104 valence electrons. The smallest absolute Gasteiger partial charge is 0.252 e. The van der Waals surface area contributed by atoms with E-state index in [1.54, 1.807) is 24.5 Å². The molecule has 0 radical (unpaired) electrons. The van der Waals surface area contributed by atoms with Crippen LogP contribution >= 0.6 is 0 Å². The highest BCUT2D eigenvalue weighted by molar-refractivity contribution is 5.93. The van der Waals surface area contributed by atoms with Gasteiger partial charge in [0.1, 0.15) is 12.4 Å². The highest BCUT2D eigenvalue weighted by atomic mass is 16.5. The number of ether oxygens (including phenoxy) is 1. The molecular weight excluding hydrogens is 252 g/mol. The lowest BCUT2D eigenvalue weighted by Gasteiger charge is -2.08. The molecule has 1 heterocycles. The van der Waals surface area contributed by atoms with Crippen molar-refractivity contribution < 1.29 is 9.53 Å². The maximum absolute atomic E-state index is 11.7. The van der Waals surface area contributed by atoms with Gasteiger partial charge >= 0.3 is 0 Å². The summed E-state index contributed by atoms with van der Waals surface area (Å²) in [5.74, 6) is 0.698. The third-order valence-corrected chi connectivity index (χ3v) is 2.89. The predicted molar refractivity (Wildman–Crippen MR) is 77.9 cm³/mol. The number of aryl methyl sites for hydroxylation is 1. The van der Waals surface area contributed by atoms with Crippen molar-refractivity contribution in [1.29, 1.82) is 0 Å². The summed E-state index contributed by atoms with van der Waals surface area (Å²) in [5.41, 5.74) is 1.79. The molecule has 0 spiro atoms. The number of hydrogen-bond donors (Lipinski definition) is 1. The van der Waals surface area contributed by atoms with Crippen molar-refractivity contribution in [3.05, 3.63) is 59.9 Å². The molecule has 20 heavy (non-hydrogen) atoms. The summed E-state index contributed by atoms with van der Waals surface area (Å²) in [4.78, 5) is 15.7. The Kier molecular flexibility index (Phi) is 5.12. The number of benzene rings is 1. The Hall–Kier alpha value is -2.36. The zero-order chi connectivity index (χ0) is 14.2. The van der Waals surface area contributed by atoms with Crippen LogP contribution in [0.3, 0.4) is 0 Å². The molecule has 0 fully saturated rings. The van der Waals surface area contributed by atoms with Crippen LogP contribution < -0.4 is 10.1 Å². The molecule has 2 rings (SSSR count). The van der Waals surface area contributed by atoms with Gasteiger partial charge < -0.3 is 10.1 Å². The second-order valence-corrected chi connectivity index (χ2v) is 4.35. The summed E-state index contributed by atoms with van der Waals surface area (Å²) in [5, 5.41) is 2.79. The first-order valence-electron chi connectivity index (χ1n) is 6.69. The predicted octanol–water partition coefficient (Wildman–Crippen LogP) is 2.45. The molecule has 1 N–H and O–H groups in total. The first-order chi connectivity index (χ1) is 9.79. The van der Waals surface area contributed by atoms with Crippen LogP contribution in [-0.2, 0) is 6.42 Å². The van der Waals surface area contributed by atoms with E-state index in [9.17, 15) is 4.79 Å². The van der Waals surface area contributed by atoms with E-state index in [-0.39, 0.29) is 5.91 Å². The molecule has 0 atom stereocenters. The minimum atomic E-state index is -0.135. The summed E-state index contributed by atoms with van der Waals surface area (Å²) in [6.45, 7) is 3.01. The van der Waals surface area contributed by atoms with E-state index in [0.717, 1.165) is 12.2 Å². The number of nitrogens with zero attached hydrogens (tertiary/aromatic N) is 1. The van der Waals surface area contributed by atoms with Gasteiger partial charge in [-0.2, -0.15) is 0 Å². The number of aromatic nitrogens is 1. The Morgan fingerprint density at radius 3 is 2.95 bits per heavy atom. The normalized spacial score (nSPS) is 10.1. The van der Waals surface area contributed by atoms with Crippen molar-refractivity contribution in [2.24, 2.45) is 0 Å². The van der Waals surface area contributed by atoms with Crippen LogP contribution in [0, 0.1) is 0 Å². The average molecular weight is 270 g/mol. The largest absolute Gasteiger partial charge is 0.492 e. The first-order valence-corrected chi connectivity index (χ1v) is 6.69. The highest BCUT2D eigenvalue weighted by Gasteiger charge is 2.03. The molecule has 4 heteroatoms. The standard InChI is InChI=1S/C16H18N2O2/c1-2-13-5-3-7-15(11-13)20-10-9-18-16(19)14-6-4-8-17-12-14/h3-8,11-12H,2,9-10H2,1H3,(H,18,19). The summed E-state index contributed by atoms with van der Waals surface area (Å²) in [6, 6.07) is 11.4. The Morgan fingerprint density at radius 1 is 1.30 bits per heavy atom. The molecule has 1 aromatic carbocycles. The molecule has 4 nitrogen and oxygen atoms in total. The molecule has 1 aromatic heterocycles. The fraction of sp³-hybridized carbons (Fsp3) is 0.250. The van der Waals surface area contributed by atoms with Crippen LogP contribution in [0.25, 0.3) is 0 Å². The Bertz CT molecular complexity index is 555. The quantitative estimate of drug-likeness (QED) is 0.820.